The number of aliphatic hydroxyl groups is 1. The molecule has 0 aromatic heterocycles. The molecule has 4 atom stereocenters. The molecule has 2 amide bonds. The van der Waals surface area contributed by atoms with Gasteiger partial charge in [0, 0.05) is 24.9 Å². The van der Waals surface area contributed by atoms with Crippen LogP contribution in [0.15, 0.2) is 24.3 Å². The van der Waals surface area contributed by atoms with Gasteiger partial charge in [-0.1, -0.05) is 44.9 Å². The van der Waals surface area contributed by atoms with E-state index in [1.165, 1.54) is 6.07 Å². The average molecular weight is 405 g/mol. The minimum atomic E-state index is -1.32. The standard InChI is InChI=1S/C23H33FN2O3/c1-15(17-8-4-5-9-18(17)24)21(28)22(29)26-19-10-6-3-7-16(19)14-25-20(27)13-23(2)11-12-23/h4-5,8-9,15-16,19,21,28H,3,6-7,10-14H2,1-2H3,(H,25,27)(H,26,29). The van der Waals surface area contributed by atoms with Crippen LogP contribution in [0.5, 0.6) is 0 Å². The van der Waals surface area contributed by atoms with E-state index >= 15 is 0 Å². The van der Waals surface area contributed by atoms with Gasteiger partial charge in [-0.25, -0.2) is 4.39 Å². The number of hydrogen-bond donors (Lipinski definition) is 3. The Hall–Kier alpha value is -1.95. The molecule has 2 saturated carbocycles. The number of nitrogens with one attached hydrogen (secondary N) is 2. The molecule has 4 unspecified atom stereocenters. The Balaban J connectivity index is 1.54. The predicted molar refractivity (Wildman–Crippen MR) is 110 cm³/mol. The summed E-state index contributed by atoms with van der Waals surface area (Å²) in [4.78, 5) is 24.8. The van der Waals surface area contributed by atoms with E-state index in [0.717, 1.165) is 38.5 Å². The van der Waals surface area contributed by atoms with Gasteiger partial charge in [-0.05, 0) is 48.6 Å². The van der Waals surface area contributed by atoms with Crippen LogP contribution in [0.2, 0.25) is 0 Å². The van der Waals surface area contributed by atoms with Crippen molar-refractivity contribution in [1.29, 1.82) is 0 Å². The zero-order chi connectivity index (χ0) is 21.0. The van der Waals surface area contributed by atoms with E-state index < -0.39 is 23.7 Å². The number of benzene rings is 1. The predicted octanol–water partition coefficient (Wildman–Crippen LogP) is 3.27. The number of carbonyl (C=O) groups is 2. The Bertz CT molecular complexity index is 735. The molecule has 3 rings (SSSR count). The van der Waals surface area contributed by atoms with E-state index in [1.54, 1.807) is 25.1 Å². The molecular weight excluding hydrogens is 371 g/mol. The van der Waals surface area contributed by atoms with Crippen molar-refractivity contribution in [1.82, 2.24) is 10.6 Å². The normalized spacial score (nSPS) is 25.0. The number of rotatable bonds is 8. The lowest BCUT2D eigenvalue weighted by molar-refractivity contribution is -0.131. The van der Waals surface area contributed by atoms with Gasteiger partial charge in [-0.3, -0.25) is 9.59 Å². The van der Waals surface area contributed by atoms with Crippen molar-refractivity contribution in [2.45, 2.75) is 76.9 Å². The molecule has 0 radical (unpaired) electrons. The van der Waals surface area contributed by atoms with Crippen LogP contribution in [-0.2, 0) is 9.59 Å². The van der Waals surface area contributed by atoms with Gasteiger partial charge in [0.25, 0.3) is 0 Å². The third-order valence-electron chi connectivity index (χ3n) is 6.63. The molecular formula is C23H33FN2O3. The monoisotopic (exact) mass is 404 g/mol. The van der Waals surface area contributed by atoms with Crippen molar-refractivity contribution in [3.63, 3.8) is 0 Å². The second-order valence-corrected chi connectivity index (χ2v) is 9.21. The van der Waals surface area contributed by atoms with Crippen LogP contribution < -0.4 is 10.6 Å². The van der Waals surface area contributed by atoms with Gasteiger partial charge in [0.15, 0.2) is 0 Å². The van der Waals surface area contributed by atoms with E-state index in [2.05, 4.69) is 17.6 Å². The largest absolute Gasteiger partial charge is 0.383 e. The van der Waals surface area contributed by atoms with Crippen LogP contribution >= 0.6 is 0 Å². The lowest BCUT2D eigenvalue weighted by atomic mass is 9.84. The van der Waals surface area contributed by atoms with E-state index in [4.69, 9.17) is 0 Å². The molecule has 5 nitrogen and oxygen atoms in total. The summed E-state index contributed by atoms with van der Waals surface area (Å²) >= 11 is 0. The topological polar surface area (TPSA) is 78.4 Å². The van der Waals surface area contributed by atoms with Crippen molar-refractivity contribution in [3.05, 3.63) is 35.6 Å². The fraction of sp³-hybridized carbons (Fsp3) is 0.652. The Morgan fingerprint density at radius 1 is 1.24 bits per heavy atom. The molecule has 1 aromatic carbocycles. The molecule has 0 aliphatic heterocycles. The van der Waals surface area contributed by atoms with E-state index in [-0.39, 0.29) is 23.3 Å². The van der Waals surface area contributed by atoms with Gasteiger partial charge in [0.05, 0.1) is 0 Å². The maximum atomic E-state index is 14.0. The molecule has 2 fully saturated rings. The number of halogens is 1. The maximum Gasteiger partial charge on any atom is 0.249 e. The van der Waals surface area contributed by atoms with Crippen molar-refractivity contribution < 1.29 is 19.1 Å². The number of hydrogen-bond acceptors (Lipinski definition) is 3. The van der Waals surface area contributed by atoms with Crippen molar-refractivity contribution in [2.75, 3.05) is 6.54 Å². The summed E-state index contributed by atoms with van der Waals surface area (Å²) in [5.74, 6) is -1.31. The minimum absolute atomic E-state index is 0.0776. The fourth-order valence-corrected chi connectivity index (χ4v) is 4.24. The lowest BCUT2D eigenvalue weighted by Crippen LogP contribution is -2.50. The summed E-state index contributed by atoms with van der Waals surface area (Å²) in [6, 6.07) is 6.12. The van der Waals surface area contributed by atoms with Crippen molar-refractivity contribution in [3.8, 4) is 0 Å². The maximum absolute atomic E-state index is 14.0. The van der Waals surface area contributed by atoms with Crippen molar-refractivity contribution >= 4 is 11.8 Å². The number of carbonyl (C=O) groups excluding carboxylic acids is 2. The number of aliphatic hydroxyl groups excluding tert-OH is 1. The zero-order valence-electron chi connectivity index (χ0n) is 17.4. The van der Waals surface area contributed by atoms with E-state index in [9.17, 15) is 19.1 Å². The van der Waals surface area contributed by atoms with Crippen LogP contribution in [0, 0.1) is 17.2 Å². The summed E-state index contributed by atoms with van der Waals surface area (Å²) in [6.45, 7) is 4.33. The quantitative estimate of drug-likeness (QED) is 0.622. The van der Waals surface area contributed by atoms with Crippen LogP contribution in [0.4, 0.5) is 4.39 Å². The summed E-state index contributed by atoms with van der Waals surface area (Å²) in [7, 11) is 0. The first-order chi connectivity index (χ1) is 13.8. The van der Waals surface area contributed by atoms with Gasteiger partial charge in [0.1, 0.15) is 11.9 Å². The summed E-state index contributed by atoms with van der Waals surface area (Å²) < 4.78 is 14.0. The molecule has 0 bridgehead atoms. The van der Waals surface area contributed by atoms with Crippen LogP contribution in [0.25, 0.3) is 0 Å². The highest BCUT2D eigenvalue weighted by atomic mass is 19.1. The summed E-state index contributed by atoms with van der Waals surface area (Å²) in [6.07, 6.45) is 5.30. The molecule has 6 heteroatoms. The van der Waals surface area contributed by atoms with E-state index in [0.29, 0.717) is 18.5 Å². The third kappa shape index (κ3) is 5.78. The van der Waals surface area contributed by atoms with Gasteiger partial charge in [-0.15, -0.1) is 0 Å². The SMILES string of the molecule is CC(c1ccccc1F)C(O)C(=O)NC1CCCCC1CNC(=O)CC1(C)CC1. The Labute approximate surface area is 172 Å². The van der Waals surface area contributed by atoms with Crippen LogP contribution in [0.1, 0.15) is 70.3 Å². The van der Waals surface area contributed by atoms with Crippen molar-refractivity contribution in [2.24, 2.45) is 11.3 Å². The van der Waals surface area contributed by atoms with E-state index in [1.807, 2.05) is 0 Å². The Morgan fingerprint density at radius 3 is 2.62 bits per heavy atom. The first-order valence-electron chi connectivity index (χ1n) is 10.8. The summed E-state index contributed by atoms with van der Waals surface area (Å²) in [5.41, 5.74) is 0.508. The number of amides is 2. The first kappa shape index (κ1) is 21.8. The highest BCUT2D eigenvalue weighted by Crippen LogP contribution is 2.47. The van der Waals surface area contributed by atoms with Crippen LogP contribution in [0.3, 0.4) is 0 Å². The summed E-state index contributed by atoms with van der Waals surface area (Å²) in [5, 5.41) is 16.5. The average Bonchev–Trinajstić information content (AvgIpc) is 3.43. The second kappa shape index (κ2) is 9.24. The lowest BCUT2D eigenvalue weighted by Gasteiger charge is -2.33. The Morgan fingerprint density at radius 2 is 1.93 bits per heavy atom. The smallest absolute Gasteiger partial charge is 0.249 e. The Kier molecular flexibility index (Phi) is 6.93. The minimum Gasteiger partial charge on any atom is -0.383 e. The zero-order valence-corrected chi connectivity index (χ0v) is 17.4. The molecule has 1 aromatic rings. The molecule has 0 heterocycles. The van der Waals surface area contributed by atoms with Gasteiger partial charge < -0.3 is 15.7 Å². The molecule has 29 heavy (non-hydrogen) atoms. The molecule has 0 spiro atoms. The second-order valence-electron chi connectivity index (χ2n) is 9.21. The van der Waals surface area contributed by atoms with Gasteiger partial charge in [0.2, 0.25) is 11.8 Å². The van der Waals surface area contributed by atoms with Gasteiger partial charge in [-0.2, -0.15) is 0 Å². The van der Waals surface area contributed by atoms with Crippen LogP contribution in [-0.4, -0.2) is 35.6 Å². The molecule has 160 valence electrons. The molecule has 2 aliphatic carbocycles. The third-order valence-corrected chi connectivity index (χ3v) is 6.63. The molecule has 2 aliphatic rings. The van der Waals surface area contributed by atoms with Gasteiger partial charge >= 0.3 is 0 Å². The highest BCUT2D eigenvalue weighted by molar-refractivity contribution is 5.82. The first-order valence-corrected chi connectivity index (χ1v) is 10.8. The highest BCUT2D eigenvalue weighted by Gasteiger charge is 2.39. The molecule has 0 saturated heterocycles. The molecule has 3 N–H and O–H groups in total. The fourth-order valence-electron chi connectivity index (χ4n) is 4.24.